The predicted molar refractivity (Wildman–Crippen MR) is 108 cm³/mol. The van der Waals surface area contributed by atoms with Gasteiger partial charge in [-0.25, -0.2) is 0 Å². The Kier molecular flexibility index (Phi) is 4.68. The lowest BCUT2D eigenvalue weighted by Gasteiger charge is -2.37. The molecule has 2 atom stereocenters. The summed E-state index contributed by atoms with van der Waals surface area (Å²) in [6.07, 6.45) is 12.1. The van der Waals surface area contributed by atoms with Gasteiger partial charge in [0.25, 0.3) is 0 Å². The number of benzene rings is 1. The molecule has 1 fully saturated rings. The molecule has 1 unspecified atom stereocenters. The summed E-state index contributed by atoms with van der Waals surface area (Å²) in [6.45, 7) is 2.21. The van der Waals surface area contributed by atoms with Crippen molar-refractivity contribution in [3.8, 4) is 0 Å². The summed E-state index contributed by atoms with van der Waals surface area (Å²) in [5.74, 6) is 1.52. The van der Waals surface area contributed by atoms with E-state index in [-0.39, 0.29) is 0 Å². The summed E-state index contributed by atoms with van der Waals surface area (Å²) in [5.41, 5.74) is 6.83. The molecule has 1 aromatic carbocycles. The number of aliphatic hydroxyl groups excluding tert-OH is 1. The zero-order valence-electron chi connectivity index (χ0n) is 14.2. The maximum Gasteiger partial charge on any atom is 0.133 e. The van der Waals surface area contributed by atoms with Gasteiger partial charge in [-0.05, 0) is 102 Å². The average Bonchev–Trinajstić information content (AvgIpc) is 2.58. The average molecular weight is 452 g/mol. The van der Waals surface area contributed by atoms with Crippen molar-refractivity contribution < 1.29 is 5.11 Å². The molecule has 3 aliphatic carbocycles. The van der Waals surface area contributed by atoms with Gasteiger partial charge in [0.1, 0.15) is 5.76 Å². The Balaban J connectivity index is 1.95. The van der Waals surface area contributed by atoms with Gasteiger partial charge in [-0.15, -0.1) is 0 Å². The van der Waals surface area contributed by atoms with Gasteiger partial charge in [0, 0.05) is 10.0 Å². The molecule has 0 saturated heterocycles. The standard InChI is InChI=1S/C21H24Br2O/c1-12-17(22)10-13-6-2-4-8-15(13)19(12)20-16-9-5-3-7-14(16)11-18(23)21(20)24/h10-11,14,16,24H,2-9H2,1H3/t14-,16?/m1/s1. The van der Waals surface area contributed by atoms with Crippen molar-refractivity contribution in [1.29, 1.82) is 0 Å². The van der Waals surface area contributed by atoms with Crippen molar-refractivity contribution >= 4 is 37.4 Å². The third-order valence-electron chi connectivity index (χ3n) is 6.15. The quantitative estimate of drug-likeness (QED) is 0.487. The highest BCUT2D eigenvalue weighted by Crippen LogP contribution is 2.50. The van der Waals surface area contributed by atoms with Gasteiger partial charge in [0.05, 0.1) is 4.48 Å². The van der Waals surface area contributed by atoms with Crippen molar-refractivity contribution in [3.05, 3.63) is 49.1 Å². The van der Waals surface area contributed by atoms with Crippen LogP contribution in [0.5, 0.6) is 0 Å². The molecule has 3 heteroatoms. The Bertz CT molecular complexity index is 745. The summed E-state index contributed by atoms with van der Waals surface area (Å²) in [4.78, 5) is 0. The van der Waals surface area contributed by atoms with E-state index in [1.165, 1.54) is 77.2 Å². The molecule has 3 aliphatic rings. The van der Waals surface area contributed by atoms with Crippen LogP contribution in [0.15, 0.2) is 26.9 Å². The highest BCUT2D eigenvalue weighted by Gasteiger charge is 2.36. The fourth-order valence-electron chi connectivity index (χ4n) is 4.94. The van der Waals surface area contributed by atoms with E-state index in [9.17, 15) is 5.11 Å². The second-order valence-electron chi connectivity index (χ2n) is 7.53. The van der Waals surface area contributed by atoms with Crippen molar-refractivity contribution in [3.63, 3.8) is 0 Å². The second-order valence-corrected chi connectivity index (χ2v) is 9.24. The van der Waals surface area contributed by atoms with E-state index in [1.807, 2.05) is 0 Å². The van der Waals surface area contributed by atoms with Crippen LogP contribution < -0.4 is 0 Å². The molecule has 0 bridgehead atoms. The number of hydrogen-bond donors (Lipinski definition) is 1. The zero-order chi connectivity index (χ0) is 16.8. The van der Waals surface area contributed by atoms with E-state index < -0.39 is 0 Å². The molecule has 1 aromatic rings. The van der Waals surface area contributed by atoms with Crippen LogP contribution in [0, 0.1) is 18.8 Å². The van der Waals surface area contributed by atoms with E-state index in [1.54, 1.807) is 0 Å². The molecule has 0 heterocycles. The molecule has 0 radical (unpaired) electrons. The summed E-state index contributed by atoms with van der Waals surface area (Å²) >= 11 is 7.42. The summed E-state index contributed by atoms with van der Waals surface area (Å²) < 4.78 is 2.08. The van der Waals surface area contributed by atoms with E-state index in [0.717, 1.165) is 10.9 Å². The van der Waals surface area contributed by atoms with Crippen LogP contribution in [0.4, 0.5) is 0 Å². The molecule has 4 rings (SSSR count). The predicted octanol–water partition coefficient (Wildman–Crippen LogP) is 7.00. The minimum Gasteiger partial charge on any atom is -0.506 e. The fraction of sp³-hybridized carbons (Fsp3) is 0.524. The Morgan fingerprint density at radius 3 is 2.62 bits per heavy atom. The summed E-state index contributed by atoms with van der Waals surface area (Å²) in [5, 5.41) is 11.0. The van der Waals surface area contributed by atoms with Crippen LogP contribution >= 0.6 is 31.9 Å². The molecule has 24 heavy (non-hydrogen) atoms. The highest BCUT2D eigenvalue weighted by molar-refractivity contribution is 9.12. The van der Waals surface area contributed by atoms with Gasteiger partial charge in [0.15, 0.2) is 0 Å². The van der Waals surface area contributed by atoms with E-state index in [4.69, 9.17) is 0 Å². The van der Waals surface area contributed by atoms with Crippen molar-refractivity contribution in [1.82, 2.24) is 0 Å². The number of rotatable bonds is 1. The van der Waals surface area contributed by atoms with Crippen LogP contribution in [-0.4, -0.2) is 5.11 Å². The molecule has 128 valence electrons. The third kappa shape index (κ3) is 2.72. The van der Waals surface area contributed by atoms with Crippen molar-refractivity contribution in [2.45, 2.75) is 58.3 Å². The van der Waals surface area contributed by atoms with Gasteiger partial charge in [-0.2, -0.15) is 0 Å². The molecular formula is C21H24Br2O. The molecule has 1 saturated carbocycles. The largest absolute Gasteiger partial charge is 0.506 e. The number of hydrogen-bond acceptors (Lipinski definition) is 1. The number of aliphatic hydroxyl groups is 1. The van der Waals surface area contributed by atoms with Crippen molar-refractivity contribution in [2.24, 2.45) is 11.8 Å². The van der Waals surface area contributed by atoms with Crippen LogP contribution in [0.1, 0.15) is 60.8 Å². The van der Waals surface area contributed by atoms with E-state index in [0.29, 0.717) is 17.6 Å². The third-order valence-corrected chi connectivity index (χ3v) is 7.61. The fourth-order valence-corrected chi connectivity index (χ4v) is 5.97. The first kappa shape index (κ1) is 16.9. The lowest BCUT2D eigenvalue weighted by molar-refractivity contribution is 0.325. The topological polar surface area (TPSA) is 20.2 Å². The first-order valence-electron chi connectivity index (χ1n) is 9.20. The summed E-state index contributed by atoms with van der Waals surface area (Å²) in [6, 6.07) is 2.32. The van der Waals surface area contributed by atoms with Crippen LogP contribution in [0.25, 0.3) is 5.57 Å². The SMILES string of the molecule is Cc1c(Br)cc2c(c1C1=C(O)C(Br)=C[C@H]3CCCCC13)CCCC2. The van der Waals surface area contributed by atoms with Crippen LogP contribution in [0.2, 0.25) is 0 Å². The minimum absolute atomic E-state index is 0.471. The number of aryl methyl sites for hydroxylation is 1. The molecule has 0 aliphatic heterocycles. The monoisotopic (exact) mass is 450 g/mol. The first-order chi connectivity index (χ1) is 11.6. The van der Waals surface area contributed by atoms with Crippen LogP contribution in [-0.2, 0) is 12.8 Å². The van der Waals surface area contributed by atoms with E-state index in [2.05, 4.69) is 50.9 Å². The van der Waals surface area contributed by atoms with Gasteiger partial charge in [0.2, 0.25) is 0 Å². The molecule has 1 nitrogen and oxygen atoms in total. The number of fused-ring (bicyclic) bond motifs is 2. The zero-order valence-corrected chi connectivity index (χ0v) is 17.3. The number of halogens is 2. The van der Waals surface area contributed by atoms with Gasteiger partial charge < -0.3 is 5.11 Å². The Morgan fingerprint density at radius 2 is 1.79 bits per heavy atom. The second kappa shape index (κ2) is 6.64. The molecule has 1 N–H and O–H groups in total. The van der Waals surface area contributed by atoms with E-state index >= 15 is 0 Å². The molecular weight excluding hydrogens is 428 g/mol. The minimum atomic E-state index is 0.471. The highest BCUT2D eigenvalue weighted by atomic mass is 79.9. The Morgan fingerprint density at radius 1 is 1.04 bits per heavy atom. The molecule has 0 aromatic heterocycles. The van der Waals surface area contributed by atoms with Crippen LogP contribution in [0.3, 0.4) is 0 Å². The van der Waals surface area contributed by atoms with Gasteiger partial charge in [-0.1, -0.05) is 34.8 Å². The molecule has 0 spiro atoms. The van der Waals surface area contributed by atoms with Gasteiger partial charge in [-0.3, -0.25) is 0 Å². The lowest BCUT2D eigenvalue weighted by atomic mass is 9.68. The van der Waals surface area contributed by atoms with Crippen molar-refractivity contribution in [2.75, 3.05) is 0 Å². The Hall–Kier alpha value is -0.540. The lowest BCUT2D eigenvalue weighted by Crippen LogP contribution is -2.25. The molecule has 0 amide bonds. The maximum absolute atomic E-state index is 11.0. The first-order valence-corrected chi connectivity index (χ1v) is 10.8. The smallest absolute Gasteiger partial charge is 0.133 e. The maximum atomic E-state index is 11.0. The normalized spacial score (nSPS) is 26.7. The number of allylic oxidation sites excluding steroid dienone is 3. The Labute approximate surface area is 161 Å². The van der Waals surface area contributed by atoms with Gasteiger partial charge >= 0.3 is 0 Å². The summed E-state index contributed by atoms with van der Waals surface area (Å²) in [7, 11) is 0.